The minimum absolute atomic E-state index is 0.559. The van der Waals surface area contributed by atoms with Gasteiger partial charge in [-0.1, -0.05) is 0 Å². The van der Waals surface area contributed by atoms with E-state index in [9.17, 15) is 18.0 Å². The molecule has 58 valence electrons. The Balaban J connectivity index is 2.65. The van der Waals surface area contributed by atoms with Crippen LogP contribution in [0, 0.1) is 0 Å². The van der Waals surface area contributed by atoms with Crippen LogP contribution in [0.2, 0.25) is 0 Å². The zero-order valence-electron chi connectivity index (χ0n) is 5.16. The Morgan fingerprint density at radius 1 is 1.60 bits per heavy atom. The zero-order valence-corrected chi connectivity index (χ0v) is 5.16. The molecule has 1 rings (SSSR count). The van der Waals surface area contributed by atoms with Gasteiger partial charge in [0, 0.05) is 0 Å². The molecule has 1 atom stereocenters. The summed E-state index contributed by atoms with van der Waals surface area (Å²) in [5, 5.41) is 0. The first kappa shape index (κ1) is 7.37. The number of carbonyl (C=O) groups excluding carboxylic acids is 1. The fourth-order valence-electron chi connectivity index (χ4n) is 0.676. The van der Waals surface area contributed by atoms with Crippen LogP contribution >= 0.6 is 0 Å². The Morgan fingerprint density at radius 2 is 2.00 bits per heavy atom. The van der Waals surface area contributed by atoms with Crippen molar-refractivity contribution in [3.63, 3.8) is 0 Å². The van der Waals surface area contributed by atoms with E-state index in [1.54, 1.807) is 0 Å². The first-order valence-corrected chi connectivity index (χ1v) is 2.64. The summed E-state index contributed by atoms with van der Waals surface area (Å²) in [6.07, 6.45) is -4.99. The molecule has 1 heterocycles. The van der Waals surface area contributed by atoms with Crippen LogP contribution in [0.4, 0.5) is 13.2 Å². The topological polar surface area (TPSA) is 26.3 Å². The molecule has 1 aliphatic rings. The summed E-state index contributed by atoms with van der Waals surface area (Å²) in [7, 11) is 0. The predicted octanol–water partition coefficient (Wildman–Crippen LogP) is 1.25. The molecule has 0 radical (unpaired) electrons. The largest absolute Gasteiger partial charge is 0.449 e. The minimum atomic E-state index is -4.43. The van der Waals surface area contributed by atoms with E-state index in [1.165, 1.54) is 0 Å². The van der Waals surface area contributed by atoms with Gasteiger partial charge < -0.3 is 4.74 Å². The van der Waals surface area contributed by atoms with Crippen molar-refractivity contribution in [1.82, 2.24) is 0 Å². The van der Waals surface area contributed by atoms with Crippen LogP contribution in [0.25, 0.3) is 0 Å². The van der Waals surface area contributed by atoms with Gasteiger partial charge in [-0.2, -0.15) is 13.2 Å². The van der Waals surface area contributed by atoms with E-state index in [1.807, 2.05) is 0 Å². The molecule has 0 aliphatic carbocycles. The summed E-state index contributed by atoms with van der Waals surface area (Å²) < 4.78 is 39.3. The second-order valence-electron chi connectivity index (χ2n) is 2.38. The number of carbonyl (C=O) groups is 1. The SMILES string of the molecule is CC1(C(F)(F)F)CC(=O)O1. The number of esters is 1. The van der Waals surface area contributed by atoms with Gasteiger partial charge in [0.1, 0.15) is 0 Å². The van der Waals surface area contributed by atoms with Gasteiger partial charge >= 0.3 is 12.1 Å². The second-order valence-corrected chi connectivity index (χ2v) is 2.38. The molecule has 0 aromatic carbocycles. The average molecular weight is 154 g/mol. The second kappa shape index (κ2) is 1.65. The van der Waals surface area contributed by atoms with Gasteiger partial charge in [-0.25, -0.2) is 0 Å². The van der Waals surface area contributed by atoms with Crippen molar-refractivity contribution < 1.29 is 22.7 Å². The fraction of sp³-hybridized carbons (Fsp3) is 0.800. The van der Waals surface area contributed by atoms with E-state index in [4.69, 9.17) is 0 Å². The summed E-state index contributed by atoms with van der Waals surface area (Å²) >= 11 is 0. The number of halogens is 3. The van der Waals surface area contributed by atoms with E-state index >= 15 is 0 Å². The molecule has 1 aliphatic heterocycles. The summed E-state index contributed by atoms with van der Waals surface area (Å²) in [6, 6.07) is 0. The van der Waals surface area contributed by atoms with E-state index in [0.717, 1.165) is 6.92 Å². The van der Waals surface area contributed by atoms with Crippen LogP contribution < -0.4 is 0 Å². The highest BCUT2D eigenvalue weighted by Crippen LogP contribution is 2.42. The molecular weight excluding hydrogens is 149 g/mol. The molecule has 2 nitrogen and oxygen atoms in total. The molecule has 0 spiro atoms. The van der Waals surface area contributed by atoms with Gasteiger partial charge in [0.05, 0.1) is 6.42 Å². The molecule has 0 bridgehead atoms. The van der Waals surface area contributed by atoms with Crippen LogP contribution in [-0.2, 0) is 9.53 Å². The Bertz CT molecular complexity index is 164. The fourth-order valence-corrected chi connectivity index (χ4v) is 0.676. The van der Waals surface area contributed by atoms with Crippen molar-refractivity contribution >= 4 is 5.97 Å². The summed E-state index contributed by atoms with van der Waals surface area (Å²) in [5.74, 6) is -0.792. The van der Waals surface area contributed by atoms with Crippen molar-refractivity contribution in [2.75, 3.05) is 0 Å². The lowest BCUT2D eigenvalue weighted by Crippen LogP contribution is -2.55. The lowest BCUT2D eigenvalue weighted by Gasteiger charge is -2.38. The lowest BCUT2D eigenvalue weighted by molar-refractivity contribution is -0.295. The molecule has 0 N–H and O–H groups in total. The van der Waals surface area contributed by atoms with Crippen molar-refractivity contribution in [3.8, 4) is 0 Å². The third-order valence-electron chi connectivity index (χ3n) is 1.42. The molecule has 5 heteroatoms. The van der Waals surface area contributed by atoms with Gasteiger partial charge in [-0.05, 0) is 6.92 Å². The molecule has 0 amide bonds. The third-order valence-corrected chi connectivity index (χ3v) is 1.42. The molecule has 0 aromatic heterocycles. The van der Waals surface area contributed by atoms with E-state index in [2.05, 4.69) is 4.74 Å². The smallest absolute Gasteiger partial charge is 0.428 e. The maximum atomic E-state index is 11.8. The van der Waals surface area contributed by atoms with Crippen LogP contribution in [0.5, 0.6) is 0 Å². The number of alkyl halides is 3. The Hall–Kier alpha value is -0.740. The van der Waals surface area contributed by atoms with Crippen molar-refractivity contribution in [2.45, 2.75) is 25.1 Å². The number of rotatable bonds is 0. The molecule has 1 unspecified atom stereocenters. The summed E-state index contributed by atoms with van der Waals surface area (Å²) in [4.78, 5) is 10.0. The Kier molecular flexibility index (Phi) is 1.21. The van der Waals surface area contributed by atoms with Crippen LogP contribution in [0.15, 0.2) is 0 Å². The standard InChI is InChI=1S/C5H5F3O2/c1-4(5(6,7)8)2-3(9)10-4/h2H2,1H3. The Morgan fingerprint density at radius 3 is 2.10 bits per heavy atom. The molecule has 10 heavy (non-hydrogen) atoms. The lowest BCUT2D eigenvalue weighted by atomic mass is 9.96. The quantitative estimate of drug-likeness (QED) is 0.491. The molecule has 0 aromatic rings. The Labute approximate surface area is 55.0 Å². The molecule has 1 fully saturated rings. The summed E-state index contributed by atoms with van der Waals surface area (Å²) in [6.45, 7) is 0.856. The maximum absolute atomic E-state index is 11.8. The number of hydrogen-bond donors (Lipinski definition) is 0. The van der Waals surface area contributed by atoms with Crippen molar-refractivity contribution in [3.05, 3.63) is 0 Å². The highest BCUT2D eigenvalue weighted by atomic mass is 19.4. The van der Waals surface area contributed by atoms with Gasteiger partial charge in [0.15, 0.2) is 0 Å². The summed E-state index contributed by atoms with van der Waals surface area (Å²) in [5.41, 5.74) is -2.22. The van der Waals surface area contributed by atoms with Gasteiger partial charge in [-0.3, -0.25) is 4.79 Å². The first-order chi connectivity index (χ1) is 4.35. The van der Waals surface area contributed by atoms with Crippen LogP contribution in [0.1, 0.15) is 13.3 Å². The van der Waals surface area contributed by atoms with Crippen LogP contribution in [0.3, 0.4) is 0 Å². The normalized spacial score (nSPS) is 33.0. The van der Waals surface area contributed by atoms with Gasteiger partial charge in [0.25, 0.3) is 0 Å². The number of cyclic esters (lactones) is 1. The first-order valence-electron chi connectivity index (χ1n) is 2.64. The van der Waals surface area contributed by atoms with Gasteiger partial charge in [-0.15, -0.1) is 0 Å². The van der Waals surface area contributed by atoms with E-state index in [-0.39, 0.29) is 0 Å². The third kappa shape index (κ3) is 0.853. The van der Waals surface area contributed by atoms with Crippen molar-refractivity contribution in [2.24, 2.45) is 0 Å². The average Bonchev–Trinajstić information content (AvgIpc) is 1.58. The van der Waals surface area contributed by atoms with Crippen LogP contribution in [-0.4, -0.2) is 17.7 Å². The minimum Gasteiger partial charge on any atom is -0.449 e. The van der Waals surface area contributed by atoms with Crippen molar-refractivity contribution in [1.29, 1.82) is 0 Å². The molecular formula is C5H5F3O2. The highest BCUT2D eigenvalue weighted by molar-refractivity contribution is 5.77. The number of hydrogen-bond acceptors (Lipinski definition) is 2. The monoisotopic (exact) mass is 154 g/mol. The molecule has 0 saturated carbocycles. The maximum Gasteiger partial charge on any atom is 0.428 e. The highest BCUT2D eigenvalue weighted by Gasteiger charge is 2.61. The molecule has 1 saturated heterocycles. The number of ether oxygens (including phenoxy) is 1. The van der Waals surface area contributed by atoms with E-state index in [0.29, 0.717) is 0 Å². The van der Waals surface area contributed by atoms with Gasteiger partial charge in [0.2, 0.25) is 5.60 Å². The zero-order chi connectivity index (χ0) is 7.99. The van der Waals surface area contributed by atoms with E-state index < -0.39 is 24.2 Å². The predicted molar refractivity (Wildman–Crippen MR) is 25.2 cm³/mol.